The minimum atomic E-state index is -0.634. The van der Waals surface area contributed by atoms with Crippen LogP contribution in [0.2, 0.25) is 0 Å². The maximum atomic E-state index is 13.9. The quantitative estimate of drug-likeness (QED) is 0.389. The number of rotatable bonds is 2. The predicted molar refractivity (Wildman–Crippen MR) is 134 cm³/mol. The highest BCUT2D eigenvalue weighted by molar-refractivity contribution is 7.99. The first-order valence-corrected chi connectivity index (χ1v) is 12.5. The molecule has 4 aromatic rings. The SMILES string of the molecule is Cc1cccc(Sc2c(O)c3c(=O)n4c(cc3oc2=O)C2(CCCCC2)c2cc(C)ccc2-4)c1. The van der Waals surface area contributed by atoms with E-state index in [1.165, 1.54) is 6.42 Å². The Balaban J connectivity index is 1.63. The summed E-state index contributed by atoms with van der Waals surface area (Å²) in [5, 5.41) is 11.2. The van der Waals surface area contributed by atoms with E-state index in [2.05, 4.69) is 13.0 Å². The number of aromatic hydroxyl groups is 1. The van der Waals surface area contributed by atoms with Crippen molar-refractivity contribution in [2.45, 2.75) is 61.2 Å². The first-order chi connectivity index (χ1) is 16.4. The molecular formula is C28H25NO4S. The predicted octanol–water partition coefficient (Wildman–Crippen LogP) is 5.98. The molecule has 0 radical (unpaired) electrons. The molecule has 172 valence electrons. The van der Waals surface area contributed by atoms with E-state index >= 15 is 0 Å². The number of hydrogen-bond donors (Lipinski definition) is 1. The molecule has 1 fully saturated rings. The van der Waals surface area contributed by atoms with Crippen LogP contribution in [-0.2, 0) is 5.41 Å². The number of pyridine rings is 1. The van der Waals surface area contributed by atoms with Crippen LogP contribution < -0.4 is 11.2 Å². The fourth-order valence-electron chi connectivity index (χ4n) is 5.77. The van der Waals surface area contributed by atoms with E-state index in [1.807, 2.05) is 49.4 Å². The van der Waals surface area contributed by atoms with Gasteiger partial charge >= 0.3 is 5.63 Å². The van der Waals surface area contributed by atoms with E-state index in [-0.39, 0.29) is 32.6 Å². The fraction of sp³-hybridized carbons (Fsp3) is 0.286. The van der Waals surface area contributed by atoms with E-state index in [9.17, 15) is 14.7 Å². The van der Waals surface area contributed by atoms with Crippen molar-refractivity contribution in [1.29, 1.82) is 0 Å². The van der Waals surface area contributed by atoms with E-state index in [4.69, 9.17) is 4.42 Å². The molecule has 1 spiro atoms. The smallest absolute Gasteiger partial charge is 0.354 e. The Morgan fingerprint density at radius 3 is 2.50 bits per heavy atom. The van der Waals surface area contributed by atoms with Gasteiger partial charge in [-0.25, -0.2) is 4.79 Å². The Hall–Kier alpha value is -3.25. The van der Waals surface area contributed by atoms with Gasteiger partial charge in [-0.15, -0.1) is 0 Å². The molecule has 1 aliphatic carbocycles. The average Bonchev–Trinajstić information content (AvgIpc) is 3.06. The van der Waals surface area contributed by atoms with Gasteiger partial charge in [-0.3, -0.25) is 9.36 Å². The van der Waals surface area contributed by atoms with E-state index in [1.54, 1.807) is 4.57 Å². The van der Waals surface area contributed by atoms with Crippen LogP contribution in [0.25, 0.3) is 16.7 Å². The minimum Gasteiger partial charge on any atom is -0.505 e. The van der Waals surface area contributed by atoms with Gasteiger partial charge in [0.25, 0.3) is 5.56 Å². The summed E-state index contributed by atoms with van der Waals surface area (Å²) in [6, 6.07) is 15.7. The Labute approximate surface area is 201 Å². The lowest BCUT2D eigenvalue weighted by atomic mass is 9.68. The molecule has 1 saturated carbocycles. The Morgan fingerprint density at radius 1 is 0.971 bits per heavy atom. The normalized spacial score (nSPS) is 16.1. The largest absolute Gasteiger partial charge is 0.505 e. The maximum absolute atomic E-state index is 13.9. The van der Waals surface area contributed by atoms with Gasteiger partial charge in [-0.2, -0.15) is 0 Å². The molecule has 2 aliphatic rings. The van der Waals surface area contributed by atoms with E-state index in [0.29, 0.717) is 0 Å². The lowest BCUT2D eigenvalue weighted by molar-refractivity contribution is 0.346. The second-order valence-corrected chi connectivity index (χ2v) is 10.6. The van der Waals surface area contributed by atoms with Crippen molar-refractivity contribution in [1.82, 2.24) is 4.57 Å². The Bertz CT molecular complexity index is 1590. The summed E-state index contributed by atoms with van der Waals surface area (Å²) in [6.45, 7) is 4.03. The van der Waals surface area contributed by atoms with Gasteiger partial charge in [0.05, 0.1) is 5.69 Å². The molecule has 34 heavy (non-hydrogen) atoms. The second-order valence-electron chi connectivity index (χ2n) is 9.56. The zero-order valence-electron chi connectivity index (χ0n) is 19.2. The van der Waals surface area contributed by atoms with E-state index in [0.717, 1.165) is 70.4 Å². The minimum absolute atomic E-state index is 0.0326. The van der Waals surface area contributed by atoms with Crippen molar-refractivity contribution in [2.75, 3.05) is 0 Å². The molecule has 0 bridgehead atoms. The van der Waals surface area contributed by atoms with Crippen LogP contribution in [0.1, 0.15) is 54.5 Å². The van der Waals surface area contributed by atoms with Gasteiger partial charge in [-0.05, 0) is 50.5 Å². The molecule has 2 aromatic heterocycles. The van der Waals surface area contributed by atoms with Crippen LogP contribution in [0.3, 0.4) is 0 Å². The van der Waals surface area contributed by atoms with Crippen LogP contribution in [0.15, 0.2) is 72.3 Å². The van der Waals surface area contributed by atoms with Gasteiger partial charge in [0.1, 0.15) is 15.9 Å². The van der Waals surface area contributed by atoms with Crippen LogP contribution >= 0.6 is 11.8 Å². The zero-order chi connectivity index (χ0) is 23.6. The molecule has 2 aromatic carbocycles. The number of hydrogen-bond acceptors (Lipinski definition) is 5. The number of aryl methyl sites for hydroxylation is 2. The summed E-state index contributed by atoms with van der Waals surface area (Å²) >= 11 is 1.12. The molecule has 0 unspecified atom stereocenters. The summed E-state index contributed by atoms with van der Waals surface area (Å²) in [7, 11) is 0. The highest BCUT2D eigenvalue weighted by Crippen LogP contribution is 2.52. The lowest BCUT2D eigenvalue weighted by Gasteiger charge is -2.34. The highest BCUT2D eigenvalue weighted by Gasteiger charge is 2.45. The monoisotopic (exact) mass is 471 g/mol. The number of benzene rings is 2. The molecule has 6 rings (SSSR count). The fourth-order valence-corrected chi connectivity index (χ4v) is 6.72. The molecule has 0 atom stereocenters. The third-order valence-corrected chi connectivity index (χ3v) is 8.38. The molecule has 0 amide bonds. The van der Waals surface area contributed by atoms with Crippen LogP contribution in [0.4, 0.5) is 0 Å². The number of aromatic nitrogens is 1. The van der Waals surface area contributed by atoms with Gasteiger partial charge in [-0.1, -0.05) is 66.4 Å². The summed E-state index contributed by atoms with van der Waals surface area (Å²) in [6.07, 6.45) is 5.25. The van der Waals surface area contributed by atoms with Crippen molar-refractivity contribution in [3.63, 3.8) is 0 Å². The van der Waals surface area contributed by atoms with Crippen LogP contribution in [0, 0.1) is 13.8 Å². The molecule has 1 N–H and O–H groups in total. The van der Waals surface area contributed by atoms with Crippen molar-refractivity contribution >= 4 is 22.7 Å². The van der Waals surface area contributed by atoms with Gasteiger partial charge in [0.15, 0.2) is 5.75 Å². The number of nitrogens with zero attached hydrogens (tertiary/aromatic N) is 1. The molecule has 1 aliphatic heterocycles. The third kappa shape index (κ3) is 3.01. The molecule has 6 heteroatoms. The van der Waals surface area contributed by atoms with Gasteiger partial charge < -0.3 is 9.52 Å². The molecule has 5 nitrogen and oxygen atoms in total. The third-order valence-electron chi connectivity index (χ3n) is 7.33. The van der Waals surface area contributed by atoms with Crippen molar-refractivity contribution in [2.24, 2.45) is 0 Å². The maximum Gasteiger partial charge on any atom is 0.354 e. The van der Waals surface area contributed by atoms with Crippen LogP contribution in [-0.4, -0.2) is 9.67 Å². The highest BCUT2D eigenvalue weighted by atomic mass is 32.2. The molecular weight excluding hydrogens is 446 g/mol. The summed E-state index contributed by atoms with van der Waals surface area (Å²) in [5.41, 5.74) is 4.00. The average molecular weight is 472 g/mol. The van der Waals surface area contributed by atoms with Crippen molar-refractivity contribution in [3.8, 4) is 11.4 Å². The first-order valence-electron chi connectivity index (χ1n) is 11.7. The van der Waals surface area contributed by atoms with Crippen LogP contribution in [0.5, 0.6) is 5.75 Å². The molecule has 3 heterocycles. The van der Waals surface area contributed by atoms with Gasteiger partial charge in [0.2, 0.25) is 0 Å². The Morgan fingerprint density at radius 2 is 1.74 bits per heavy atom. The standard InChI is InChI=1S/C28H25NO4S/c1-16-7-6-8-18(13-16)34-25-24(30)23-21(33-27(25)32)15-22-28(11-4-3-5-12-28)19-14-17(2)9-10-20(19)29(22)26(23)31/h6-10,13-15,30H,3-5,11-12H2,1-2H3. The van der Waals surface area contributed by atoms with Gasteiger partial charge in [0, 0.05) is 22.1 Å². The summed E-state index contributed by atoms with van der Waals surface area (Å²) in [4.78, 5) is 27.7. The zero-order valence-corrected chi connectivity index (χ0v) is 20.0. The van der Waals surface area contributed by atoms with Crippen molar-refractivity contribution < 1.29 is 9.52 Å². The second kappa shape index (κ2) is 7.64. The van der Waals surface area contributed by atoms with E-state index < -0.39 is 5.63 Å². The summed E-state index contributed by atoms with van der Waals surface area (Å²) < 4.78 is 7.43. The topological polar surface area (TPSA) is 72.4 Å². The number of fused-ring (bicyclic) bond motifs is 6. The Kier molecular flexibility index (Phi) is 4.78. The lowest BCUT2D eigenvalue weighted by Crippen LogP contribution is -2.31. The van der Waals surface area contributed by atoms with Crippen molar-refractivity contribution in [3.05, 3.63) is 91.7 Å². The summed E-state index contributed by atoms with van der Waals surface area (Å²) in [5.74, 6) is -0.309. The first kappa shape index (κ1) is 21.3. The molecule has 0 saturated heterocycles.